The summed E-state index contributed by atoms with van der Waals surface area (Å²) in [6.45, 7) is 3.70. The van der Waals surface area contributed by atoms with Crippen LogP contribution >= 0.6 is 11.3 Å². The second-order valence-electron chi connectivity index (χ2n) is 3.14. The van der Waals surface area contributed by atoms with Gasteiger partial charge in [-0.1, -0.05) is 11.3 Å². The normalized spacial score (nSPS) is 12.0. The van der Waals surface area contributed by atoms with E-state index >= 15 is 0 Å². The van der Waals surface area contributed by atoms with Crippen LogP contribution < -0.4 is 11.2 Å². The topological polar surface area (TPSA) is 97.7 Å². The lowest BCUT2D eigenvalue weighted by atomic mass is 10.3. The number of urea groups is 1. The number of nitrogens with one attached hydrogen (secondary N) is 1. The molecule has 2 rings (SSSR count). The van der Waals surface area contributed by atoms with Gasteiger partial charge in [0.1, 0.15) is 6.33 Å². The van der Waals surface area contributed by atoms with Crippen molar-refractivity contribution < 1.29 is 4.79 Å². The van der Waals surface area contributed by atoms with Crippen molar-refractivity contribution in [3.8, 4) is 0 Å². The van der Waals surface area contributed by atoms with Gasteiger partial charge in [0.05, 0.1) is 16.3 Å². The third kappa shape index (κ3) is 1.74. The number of hydrogen-bond acceptors (Lipinski definition) is 5. The van der Waals surface area contributed by atoms with Crippen molar-refractivity contribution in [1.82, 2.24) is 20.0 Å². The first-order chi connectivity index (χ1) is 7.59. The molecule has 0 aliphatic heterocycles. The average Bonchev–Trinajstić information content (AvgIpc) is 2.78. The SMILES string of the molecule is CC(=NNC(N)=O)c1sc2ncnn2c1C. The van der Waals surface area contributed by atoms with E-state index in [-0.39, 0.29) is 0 Å². The number of nitrogens with zero attached hydrogens (tertiary/aromatic N) is 4. The summed E-state index contributed by atoms with van der Waals surface area (Å²) in [7, 11) is 0. The van der Waals surface area contributed by atoms with E-state index < -0.39 is 6.03 Å². The Morgan fingerprint density at radius 1 is 1.69 bits per heavy atom. The van der Waals surface area contributed by atoms with E-state index in [1.807, 2.05) is 6.92 Å². The summed E-state index contributed by atoms with van der Waals surface area (Å²) in [5.74, 6) is 0. The molecule has 84 valence electrons. The Morgan fingerprint density at radius 2 is 2.44 bits per heavy atom. The van der Waals surface area contributed by atoms with Crippen LogP contribution in [0.25, 0.3) is 4.96 Å². The molecule has 8 heteroatoms. The van der Waals surface area contributed by atoms with Crippen LogP contribution in [0.15, 0.2) is 11.4 Å². The molecule has 2 amide bonds. The molecule has 2 aromatic heterocycles. The molecule has 0 aliphatic carbocycles. The van der Waals surface area contributed by atoms with Crippen LogP contribution in [0.2, 0.25) is 0 Å². The van der Waals surface area contributed by atoms with Gasteiger partial charge >= 0.3 is 6.03 Å². The zero-order chi connectivity index (χ0) is 11.7. The van der Waals surface area contributed by atoms with Gasteiger partial charge in [-0.05, 0) is 13.8 Å². The molecule has 3 N–H and O–H groups in total. The van der Waals surface area contributed by atoms with Gasteiger partial charge in [-0.25, -0.2) is 19.7 Å². The number of amides is 2. The van der Waals surface area contributed by atoms with Gasteiger partial charge in [-0.15, -0.1) is 0 Å². The number of nitrogens with two attached hydrogens (primary N) is 1. The lowest BCUT2D eigenvalue weighted by molar-refractivity contribution is 0.249. The summed E-state index contributed by atoms with van der Waals surface area (Å²) in [5, 5.41) is 7.93. The van der Waals surface area contributed by atoms with Crippen LogP contribution in [-0.2, 0) is 0 Å². The first kappa shape index (κ1) is 10.6. The minimum atomic E-state index is -0.684. The highest BCUT2D eigenvalue weighted by molar-refractivity contribution is 7.19. The van der Waals surface area contributed by atoms with Gasteiger partial charge in [-0.3, -0.25) is 0 Å². The van der Waals surface area contributed by atoms with E-state index in [0.717, 1.165) is 15.5 Å². The van der Waals surface area contributed by atoms with Crippen molar-refractivity contribution in [3.63, 3.8) is 0 Å². The summed E-state index contributed by atoms with van der Waals surface area (Å²) in [6, 6.07) is -0.684. The van der Waals surface area contributed by atoms with E-state index in [1.54, 1.807) is 11.4 Å². The lowest BCUT2D eigenvalue weighted by Crippen LogP contribution is -2.25. The number of hydrazone groups is 1. The molecule has 16 heavy (non-hydrogen) atoms. The Labute approximate surface area is 95.0 Å². The second-order valence-corrected chi connectivity index (χ2v) is 4.12. The molecule has 0 saturated carbocycles. The maximum atomic E-state index is 10.5. The Balaban J connectivity index is 2.39. The lowest BCUT2D eigenvalue weighted by Gasteiger charge is -1.98. The highest BCUT2D eigenvalue weighted by atomic mass is 32.1. The number of fused-ring (bicyclic) bond motifs is 1. The van der Waals surface area contributed by atoms with Crippen LogP contribution in [-0.4, -0.2) is 26.3 Å². The van der Waals surface area contributed by atoms with E-state index in [0.29, 0.717) is 5.71 Å². The number of carbonyl (C=O) groups excluding carboxylic acids is 1. The van der Waals surface area contributed by atoms with Gasteiger partial charge in [0, 0.05) is 0 Å². The van der Waals surface area contributed by atoms with E-state index in [4.69, 9.17) is 5.73 Å². The van der Waals surface area contributed by atoms with Gasteiger partial charge in [-0.2, -0.15) is 10.2 Å². The van der Waals surface area contributed by atoms with Crippen molar-refractivity contribution in [2.45, 2.75) is 13.8 Å². The summed E-state index contributed by atoms with van der Waals surface area (Å²) in [6.07, 6.45) is 1.50. The fourth-order valence-electron chi connectivity index (χ4n) is 1.32. The molecule has 0 bridgehead atoms. The molecule has 0 atom stereocenters. The Morgan fingerprint density at radius 3 is 3.06 bits per heavy atom. The predicted octanol–water partition coefficient (Wildman–Crippen LogP) is 0.492. The predicted molar refractivity (Wildman–Crippen MR) is 60.5 cm³/mol. The van der Waals surface area contributed by atoms with Crippen LogP contribution in [0.4, 0.5) is 4.79 Å². The molecule has 7 nitrogen and oxygen atoms in total. The van der Waals surface area contributed by atoms with Gasteiger partial charge in [0.25, 0.3) is 0 Å². The standard InChI is InChI=1S/C8H10N6OS/c1-4(12-13-7(9)15)6-5(2)14-8(16-6)10-3-11-14/h3H,1-2H3,(H3,9,13,15). The Bertz CT molecular complexity index is 568. The molecule has 0 fully saturated rings. The molecule has 2 heterocycles. The minimum absolute atomic E-state index is 0.675. The summed E-state index contributed by atoms with van der Waals surface area (Å²) in [5.41, 5.74) is 8.73. The second kappa shape index (κ2) is 3.89. The monoisotopic (exact) mass is 238 g/mol. The largest absolute Gasteiger partial charge is 0.350 e. The van der Waals surface area contributed by atoms with Crippen molar-refractivity contribution >= 4 is 28.0 Å². The average molecular weight is 238 g/mol. The number of aryl methyl sites for hydroxylation is 1. The van der Waals surface area contributed by atoms with E-state index in [9.17, 15) is 4.79 Å². The maximum Gasteiger partial charge on any atom is 0.332 e. The zero-order valence-corrected chi connectivity index (χ0v) is 9.58. The fraction of sp³-hybridized carbons (Fsp3) is 0.250. The number of thiazole rings is 1. The highest BCUT2D eigenvalue weighted by Gasteiger charge is 2.12. The van der Waals surface area contributed by atoms with Gasteiger partial charge in [0.2, 0.25) is 4.96 Å². The number of aromatic nitrogens is 3. The number of carbonyl (C=O) groups is 1. The first-order valence-electron chi connectivity index (χ1n) is 4.49. The van der Waals surface area contributed by atoms with E-state index in [2.05, 4.69) is 20.6 Å². The third-order valence-electron chi connectivity index (χ3n) is 2.02. The van der Waals surface area contributed by atoms with Crippen LogP contribution in [0.5, 0.6) is 0 Å². The maximum absolute atomic E-state index is 10.5. The number of rotatable bonds is 2. The van der Waals surface area contributed by atoms with Crippen molar-refractivity contribution in [2.24, 2.45) is 10.8 Å². The minimum Gasteiger partial charge on any atom is -0.350 e. The van der Waals surface area contributed by atoms with Gasteiger partial charge in [0.15, 0.2) is 0 Å². The highest BCUT2D eigenvalue weighted by Crippen LogP contribution is 2.20. The molecule has 2 aromatic rings. The molecular formula is C8H10N6OS. The number of primary amides is 1. The molecule has 0 aliphatic rings. The fourth-order valence-corrected chi connectivity index (χ4v) is 2.30. The van der Waals surface area contributed by atoms with Crippen LogP contribution in [0, 0.1) is 6.92 Å². The smallest absolute Gasteiger partial charge is 0.332 e. The quantitative estimate of drug-likeness (QED) is 0.588. The van der Waals surface area contributed by atoms with E-state index in [1.165, 1.54) is 17.7 Å². The Hall–Kier alpha value is -1.96. The molecule has 0 saturated heterocycles. The molecule has 0 spiro atoms. The molecular weight excluding hydrogens is 228 g/mol. The van der Waals surface area contributed by atoms with Crippen molar-refractivity contribution in [1.29, 1.82) is 0 Å². The zero-order valence-electron chi connectivity index (χ0n) is 8.76. The molecule has 0 aromatic carbocycles. The molecule has 0 unspecified atom stereocenters. The summed E-state index contributed by atoms with van der Waals surface area (Å²) < 4.78 is 1.73. The van der Waals surface area contributed by atoms with Crippen LogP contribution in [0.3, 0.4) is 0 Å². The van der Waals surface area contributed by atoms with Crippen LogP contribution in [0.1, 0.15) is 17.5 Å². The van der Waals surface area contributed by atoms with Crippen molar-refractivity contribution in [3.05, 3.63) is 16.9 Å². The Kier molecular flexibility index (Phi) is 2.57. The molecule has 0 radical (unpaired) electrons. The summed E-state index contributed by atoms with van der Waals surface area (Å²) >= 11 is 1.46. The van der Waals surface area contributed by atoms with Crippen molar-refractivity contribution in [2.75, 3.05) is 0 Å². The summed E-state index contributed by atoms with van der Waals surface area (Å²) in [4.78, 5) is 16.3. The number of hydrogen-bond donors (Lipinski definition) is 2. The first-order valence-corrected chi connectivity index (χ1v) is 5.30. The third-order valence-corrected chi connectivity index (χ3v) is 3.27. The van der Waals surface area contributed by atoms with Gasteiger partial charge < -0.3 is 5.73 Å².